The van der Waals surface area contributed by atoms with Crippen molar-refractivity contribution in [1.82, 2.24) is 19.6 Å². The van der Waals surface area contributed by atoms with Crippen LogP contribution < -0.4 is 0 Å². The fourth-order valence-corrected chi connectivity index (χ4v) is 0.645. The van der Waals surface area contributed by atoms with Gasteiger partial charge in [0, 0.05) is 18.6 Å². The lowest BCUT2D eigenvalue weighted by atomic mass is 10.8. The lowest BCUT2D eigenvalue weighted by molar-refractivity contribution is 0.958. The molecule has 0 N–H and O–H groups in total. The Morgan fingerprint density at radius 1 is 1.56 bits per heavy atom. The molecule has 43 valence electrons. The molecule has 0 aromatic carbocycles. The molecule has 0 spiro atoms. The van der Waals surface area contributed by atoms with Gasteiger partial charge in [0.15, 0.2) is 0 Å². The summed E-state index contributed by atoms with van der Waals surface area (Å²) in [5.74, 6) is 0.605. The summed E-state index contributed by atoms with van der Waals surface area (Å²) >= 11 is 0. The van der Waals surface area contributed by atoms with Gasteiger partial charge in [-0.15, -0.1) is 10.2 Å². The van der Waals surface area contributed by atoms with Crippen LogP contribution in [0.2, 0.25) is 0 Å². The topological polar surface area (TPSA) is 43.1 Å². The number of rotatable bonds is 0. The monoisotopic (exact) mass is 119 g/mol. The van der Waals surface area contributed by atoms with Gasteiger partial charge in [-0.3, -0.25) is 4.40 Å². The van der Waals surface area contributed by atoms with Crippen molar-refractivity contribution in [3.05, 3.63) is 24.8 Å². The third-order valence-electron chi connectivity index (χ3n) is 1.04. The molecule has 9 heavy (non-hydrogen) atoms. The molecule has 0 aliphatic rings. The highest BCUT2D eigenvalue weighted by molar-refractivity contribution is 5.23. The number of aromatic nitrogens is 4. The van der Waals surface area contributed by atoms with Crippen molar-refractivity contribution in [2.75, 3.05) is 0 Å². The van der Waals surface area contributed by atoms with E-state index in [1.54, 1.807) is 23.0 Å². The van der Waals surface area contributed by atoms with E-state index in [-0.39, 0.29) is 0 Å². The maximum absolute atomic E-state index is 3.89. The smallest absolute Gasteiger partial charge is 0.253 e. The Labute approximate surface area is 51.2 Å². The Morgan fingerprint density at radius 3 is 3.44 bits per heavy atom. The van der Waals surface area contributed by atoms with E-state index in [1.165, 1.54) is 0 Å². The van der Waals surface area contributed by atoms with Crippen LogP contribution in [-0.2, 0) is 0 Å². The van der Waals surface area contributed by atoms with E-state index in [4.69, 9.17) is 0 Å². The van der Waals surface area contributed by atoms with E-state index in [1.807, 2.05) is 0 Å². The van der Waals surface area contributed by atoms with Gasteiger partial charge in [0.1, 0.15) is 6.20 Å². The normalized spacial score (nSPS) is 10.2. The van der Waals surface area contributed by atoms with Crippen LogP contribution in [0, 0.1) is 6.20 Å². The van der Waals surface area contributed by atoms with E-state index in [9.17, 15) is 0 Å². The van der Waals surface area contributed by atoms with E-state index in [0.29, 0.717) is 5.78 Å². The van der Waals surface area contributed by atoms with Gasteiger partial charge in [-0.2, -0.15) is 0 Å². The minimum absolute atomic E-state index is 0.605. The molecule has 2 heterocycles. The third-order valence-corrected chi connectivity index (χ3v) is 1.04. The molecule has 0 aliphatic heterocycles. The van der Waals surface area contributed by atoms with Gasteiger partial charge < -0.3 is 0 Å². The van der Waals surface area contributed by atoms with E-state index in [2.05, 4.69) is 21.4 Å². The summed E-state index contributed by atoms with van der Waals surface area (Å²) in [6.45, 7) is 0. The molecular formula is C5H3N4. The first-order valence-corrected chi connectivity index (χ1v) is 2.49. The minimum Gasteiger partial charge on any atom is -0.288 e. The molecule has 4 nitrogen and oxygen atoms in total. The van der Waals surface area contributed by atoms with Crippen LogP contribution >= 0.6 is 0 Å². The minimum atomic E-state index is 0.605. The third kappa shape index (κ3) is 0.561. The van der Waals surface area contributed by atoms with Crippen LogP contribution in [-0.4, -0.2) is 19.6 Å². The average molecular weight is 119 g/mol. The first-order valence-electron chi connectivity index (χ1n) is 2.49. The number of imidazole rings is 1. The number of nitrogens with zero attached hydrogens (tertiary/aromatic N) is 4. The Bertz CT molecular complexity index is 283. The zero-order valence-corrected chi connectivity index (χ0v) is 4.52. The molecule has 0 unspecified atom stereocenters. The standard InChI is InChI=1S/C5H3N4/c1-3-9-4-2-7-8-5(9)6-1/h1,3-4H. The SMILES string of the molecule is [c]1cn2ccnc2nn1. The molecule has 0 saturated heterocycles. The predicted molar refractivity (Wildman–Crippen MR) is 29.6 cm³/mol. The molecule has 2 aromatic heterocycles. The molecule has 1 radical (unpaired) electrons. The second-order valence-electron chi connectivity index (χ2n) is 1.59. The molecular weight excluding hydrogens is 116 g/mol. The highest BCUT2D eigenvalue weighted by Crippen LogP contribution is 1.89. The van der Waals surface area contributed by atoms with Crippen LogP contribution in [0.4, 0.5) is 0 Å². The number of fused-ring (bicyclic) bond motifs is 1. The van der Waals surface area contributed by atoms with E-state index >= 15 is 0 Å². The quantitative estimate of drug-likeness (QED) is 0.487. The molecule has 0 atom stereocenters. The summed E-state index contributed by atoms with van der Waals surface area (Å²) < 4.78 is 1.74. The van der Waals surface area contributed by atoms with Crippen LogP contribution in [0.5, 0.6) is 0 Å². The van der Waals surface area contributed by atoms with Crippen LogP contribution in [0.3, 0.4) is 0 Å². The summed E-state index contributed by atoms with van der Waals surface area (Å²) in [5, 5.41) is 7.21. The lowest BCUT2D eigenvalue weighted by Crippen LogP contribution is -1.88. The highest BCUT2D eigenvalue weighted by atomic mass is 15.2. The van der Waals surface area contributed by atoms with Crippen LogP contribution in [0.15, 0.2) is 18.6 Å². The van der Waals surface area contributed by atoms with Crippen molar-refractivity contribution in [3.63, 3.8) is 0 Å². The Morgan fingerprint density at radius 2 is 2.56 bits per heavy atom. The van der Waals surface area contributed by atoms with Crippen molar-refractivity contribution in [3.8, 4) is 0 Å². The average Bonchev–Trinajstić information content (AvgIpc) is 2.33. The maximum atomic E-state index is 3.89. The molecule has 0 fully saturated rings. The van der Waals surface area contributed by atoms with E-state index in [0.717, 1.165) is 0 Å². The molecule has 0 amide bonds. The van der Waals surface area contributed by atoms with Crippen LogP contribution in [0.25, 0.3) is 5.78 Å². The van der Waals surface area contributed by atoms with Gasteiger partial charge in [0.25, 0.3) is 5.78 Å². The van der Waals surface area contributed by atoms with Gasteiger partial charge in [-0.1, -0.05) is 0 Å². The molecule has 0 bridgehead atoms. The Kier molecular flexibility index (Phi) is 0.745. The second kappa shape index (κ2) is 1.51. The Hall–Kier alpha value is -1.45. The van der Waals surface area contributed by atoms with Crippen LogP contribution in [0.1, 0.15) is 0 Å². The Balaban J connectivity index is 2.95. The lowest BCUT2D eigenvalue weighted by Gasteiger charge is -1.83. The second-order valence-corrected chi connectivity index (χ2v) is 1.59. The fourth-order valence-electron chi connectivity index (χ4n) is 0.645. The van der Waals surface area contributed by atoms with Gasteiger partial charge in [0.05, 0.1) is 0 Å². The molecule has 0 saturated carbocycles. The maximum Gasteiger partial charge on any atom is 0.253 e. The first kappa shape index (κ1) is 4.43. The van der Waals surface area contributed by atoms with Crippen molar-refractivity contribution >= 4 is 5.78 Å². The van der Waals surface area contributed by atoms with Crippen molar-refractivity contribution in [2.24, 2.45) is 0 Å². The molecule has 0 aliphatic carbocycles. The largest absolute Gasteiger partial charge is 0.288 e. The zero-order valence-electron chi connectivity index (χ0n) is 4.52. The summed E-state index contributed by atoms with van der Waals surface area (Å²) in [4.78, 5) is 3.89. The molecule has 4 heteroatoms. The van der Waals surface area contributed by atoms with Crippen molar-refractivity contribution in [1.29, 1.82) is 0 Å². The zero-order chi connectivity index (χ0) is 6.10. The number of hydrogen-bond donors (Lipinski definition) is 0. The summed E-state index contributed by atoms with van der Waals surface area (Å²) in [5.41, 5.74) is 0. The highest BCUT2D eigenvalue weighted by Gasteiger charge is 1.88. The van der Waals surface area contributed by atoms with Gasteiger partial charge in [-0.05, 0) is 0 Å². The van der Waals surface area contributed by atoms with Crippen molar-refractivity contribution in [2.45, 2.75) is 0 Å². The number of hydrogen-bond acceptors (Lipinski definition) is 3. The fraction of sp³-hybridized carbons (Fsp3) is 0. The summed E-state index contributed by atoms with van der Waals surface area (Å²) in [6, 6.07) is 0. The predicted octanol–water partition coefficient (Wildman–Crippen LogP) is -0.0755. The van der Waals surface area contributed by atoms with Gasteiger partial charge in [0.2, 0.25) is 0 Å². The van der Waals surface area contributed by atoms with E-state index < -0.39 is 0 Å². The summed E-state index contributed by atoms with van der Waals surface area (Å²) in [7, 11) is 0. The van der Waals surface area contributed by atoms with Gasteiger partial charge in [-0.25, -0.2) is 4.98 Å². The molecule has 2 aromatic rings. The van der Waals surface area contributed by atoms with Gasteiger partial charge >= 0.3 is 0 Å². The summed E-state index contributed by atoms with van der Waals surface area (Å²) in [6.07, 6.45) is 7.72. The molecule has 2 rings (SSSR count). The van der Waals surface area contributed by atoms with Crippen molar-refractivity contribution < 1.29 is 0 Å². The first-order chi connectivity index (χ1) is 4.47.